The van der Waals surface area contributed by atoms with Crippen LogP contribution in [0.15, 0.2) is 23.8 Å². The molecule has 0 saturated carbocycles. The summed E-state index contributed by atoms with van der Waals surface area (Å²) in [4.78, 5) is 11.6. The Labute approximate surface area is 83.1 Å². The summed E-state index contributed by atoms with van der Waals surface area (Å²) in [7, 11) is 0. The highest BCUT2D eigenvalue weighted by atomic mass is 16.6. The number of aliphatic hydroxyl groups excluding tert-OH is 1. The number of hydrogen-bond acceptors (Lipinski definition) is 3. The molecule has 1 N–H and O–H groups in total. The van der Waals surface area contributed by atoms with Gasteiger partial charge in [-0.2, -0.15) is 0 Å². The van der Waals surface area contributed by atoms with Crippen LogP contribution in [0.4, 0.5) is 0 Å². The minimum absolute atomic E-state index is 0.0431. The maximum atomic E-state index is 11.6. The number of rotatable bonds is 3. The third-order valence-corrected chi connectivity index (χ3v) is 2.63. The van der Waals surface area contributed by atoms with Gasteiger partial charge in [-0.1, -0.05) is 5.57 Å². The molecule has 1 saturated heterocycles. The van der Waals surface area contributed by atoms with Crippen molar-refractivity contribution in [1.82, 2.24) is 0 Å². The van der Waals surface area contributed by atoms with Crippen molar-refractivity contribution in [2.45, 2.75) is 38.1 Å². The van der Waals surface area contributed by atoms with Crippen molar-refractivity contribution >= 4 is 5.78 Å². The number of carbonyl (C=O) groups excluding carboxylic acids is 1. The molecule has 3 heteroatoms. The Morgan fingerprint density at radius 3 is 3.07 bits per heavy atom. The highest BCUT2D eigenvalue weighted by Gasteiger charge is 2.52. The molecule has 1 fully saturated rings. The van der Waals surface area contributed by atoms with Gasteiger partial charge in [-0.05, 0) is 31.4 Å². The lowest BCUT2D eigenvalue weighted by molar-refractivity contribution is -0.117. The second-order valence-electron chi connectivity index (χ2n) is 4.03. The number of epoxide rings is 1. The van der Waals surface area contributed by atoms with E-state index < -0.39 is 6.10 Å². The smallest absolute Gasteiger partial charge is 0.190 e. The van der Waals surface area contributed by atoms with Gasteiger partial charge in [0.2, 0.25) is 0 Å². The van der Waals surface area contributed by atoms with Gasteiger partial charge >= 0.3 is 0 Å². The van der Waals surface area contributed by atoms with Crippen molar-refractivity contribution in [1.29, 1.82) is 0 Å². The second-order valence-corrected chi connectivity index (χ2v) is 4.03. The maximum absolute atomic E-state index is 11.6. The number of aliphatic hydroxyl groups is 1. The molecule has 1 heterocycles. The van der Waals surface area contributed by atoms with Crippen molar-refractivity contribution in [2.75, 3.05) is 0 Å². The van der Waals surface area contributed by atoms with Crippen LogP contribution in [0.5, 0.6) is 0 Å². The van der Waals surface area contributed by atoms with E-state index in [1.807, 2.05) is 6.92 Å². The van der Waals surface area contributed by atoms with Crippen LogP contribution >= 0.6 is 0 Å². The molecular formula is C11H14O3. The van der Waals surface area contributed by atoms with Gasteiger partial charge in [0.15, 0.2) is 5.78 Å². The molecular weight excluding hydrogens is 180 g/mol. The van der Waals surface area contributed by atoms with E-state index in [0.717, 1.165) is 12.0 Å². The maximum Gasteiger partial charge on any atom is 0.190 e. The average molecular weight is 194 g/mol. The zero-order chi connectivity index (χ0) is 10.3. The van der Waals surface area contributed by atoms with Crippen LogP contribution < -0.4 is 0 Å². The van der Waals surface area contributed by atoms with E-state index in [1.54, 1.807) is 6.08 Å². The third-order valence-electron chi connectivity index (χ3n) is 2.63. The Balaban J connectivity index is 2.03. The van der Waals surface area contributed by atoms with E-state index in [9.17, 15) is 9.90 Å². The first kappa shape index (κ1) is 9.62. The quantitative estimate of drug-likeness (QED) is 0.538. The van der Waals surface area contributed by atoms with Gasteiger partial charge in [0.05, 0.1) is 0 Å². The van der Waals surface area contributed by atoms with Crippen molar-refractivity contribution < 1.29 is 14.6 Å². The van der Waals surface area contributed by atoms with Crippen LogP contribution in [0, 0.1) is 0 Å². The number of fused-ring (bicyclic) bond motifs is 1. The lowest BCUT2D eigenvalue weighted by atomic mass is 9.92. The fraction of sp³-hybridized carbons (Fsp3) is 0.545. The highest BCUT2D eigenvalue weighted by molar-refractivity contribution is 6.02. The molecule has 2 rings (SSSR count). The fourth-order valence-electron chi connectivity index (χ4n) is 1.71. The van der Waals surface area contributed by atoms with Crippen molar-refractivity contribution in [3.8, 4) is 0 Å². The summed E-state index contributed by atoms with van der Waals surface area (Å²) in [5, 5.41) is 9.50. The molecule has 0 radical (unpaired) electrons. The van der Waals surface area contributed by atoms with Gasteiger partial charge in [-0.3, -0.25) is 4.79 Å². The Morgan fingerprint density at radius 2 is 2.43 bits per heavy atom. The summed E-state index contributed by atoms with van der Waals surface area (Å²) >= 11 is 0. The molecule has 76 valence electrons. The molecule has 3 unspecified atom stereocenters. The van der Waals surface area contributed by atoms with E-state index in [0.29, 0.717) is 12.0 Å². The number of hydrogen-bond donors (Lipinski definition) is 1. The lowest BCUT2D eigenvalue weighted by Crippen LogP contribution is -2.26. The number of allylic oxidation sites excluding steroid dienone is 1. The van der Waals surface area contributed by atoms with Gasteiger partial charge in [0.1, 0.15) is 18.3 Å². The van der Waals surface area contributed by atoms with E-state index in [-0.39, 0.29) is 18.0 Å². The standard InChI is InChI=1S/C11H14O3/c1-6(2)3-4-7-5-8(12)10-11(14-10)9(7)13/h5,8,10-12H,1,3-4H2,2H3. The first-order valence-corrected chi connectivity index (χ1v) is 4.82. The monoisotopic (exact) mass is 194 g/mol. The second kappa shape index (κ2) is 3.33. The van der Waals surface area contributed by atoms with Gasteiger partial charge in [-0.15, -0.1) is 6.58 Å². The van der Waals surface area contributed by atoms with Crippen molar-refractivity contribution in [2.24, 2.45) is 0 Å². The number of carbonyl (C=O) groups is 1. The molecule has 2 aliphatic rings. The van der Waals surface area contributed by atoms with Gasteiger partial charge in [0.25, 0.3) is 0 Å². The topological polar surface area (TPSA) is 49.8 Å². The predicted octanol–water partition coefficient (Wildman–Crippen LogP) is 0.980. The molecule has 0 aromatic heterocycles. The zero-order valence-electron chi connectivity index (χ0n) is 8.19. The number of ketones is 1. The van der Waals surface area contributed by atoms with Crippen molar-refractivity contribution in [3.05, 3.63) is 23.8 Å². The molecule has 1 aliphatic heterocycles. The van der Waals surface area contributed by atoms with Gasteiger partial charge in [0, 0.05) is 0 Å². The Bertz CT molecular complexity index is 316. The lowest BCUT2D eigenvalue weighted by Gasteiger charge is -2.12. The van der Waals surface area contributed by atoms with Crippen LogP contribution in [0.3, 0.4) is 0 Å². The average Bonchev–Trinajstić information content (AvgIpc) is 2.88. The Kier molecular flexibility index (Phi) is 2.29. The Hall–Kier alpha value is -0.930. The molecule has 3 atom stereocenters. The molecule has 14 heavy (non-hydrogen) atoms. The number of ether oxygens (including phenoxy) is 1. The van der Waals surface area contributed by atoms with E-state index >= 15 is 0 Å². The first-order valence-electron chi connectivity index (χ1n) is 4.82. The van der Waals surface area contributed by atoms with Crippen LogP contribution in [0.2, 0.25) is 0 Å². The van der Waals surface area contributed by atoms with Crippen LogP contribution in [-0.4, -0.2) is 29.2 Å². The molecule has 3 nitrogen and oxygen atoms in total. The van der Waals surface area contributed by atoms with Gasteiger partial charge in [-0.25, -0.2) is 0 Å². The molecule has 0 bridgehead atoms. The van der Waals surface area contributed by atoms with Gasteiger partial charge < -0.3 is 9.84 Å². The largest absolute Gasteiger partial charge is 0.386 e. The minimum atomic E-state index is -0.599. The van der Waals surface area contributed by atoms with Crippen LogP contribution in [-0.2, 0) is 9.53 Å². The normalized spacial score (nSPS) is 34.9. The summed E-state index contributed by atoms with van der Waals surface area (Å²) in [5.74, 6) is 0.0431. The molecule has 0 spiro atoms. The molecule has 1 aliphatic carbocycles. The number of Topliss-reactive ketones (excluding diaryl/α,β-unsaturated/α-hetero) is 1. The minimum Gasteiger partial charge on any atom is -0.386 e. The van der Waals surface area contributed by atoms with E-state index in [2.05, 4.69) is 6.58 Å². The predicted molar refractivity (Wildman–Crippen MR) is 51.8 cm³/mol. The summed E-state index contributed by atoms with van der Waals surface area (Å²) in [6, 6.07) is 0. The van der Waals surface area contributed by atoms with E-state index in [1.165, 1.54) is 0 Å². The van der Waals surface area contributed by atoms with E-state index in [4.69, 9.17) is 4.74 Å². The molecule has 0 aromatic rings. The SMILES string of the molecule is C=C(C)CCC1=CC(O)C2OC2C1=O. The first-order chi connectivity index (χ1) is 6.59. The molecule has 0 amide bonds. The fourth-order valence-corrected chi connectivity index (χ4v) is 1.71. The summed E-state index contributed by atoms with van der Waals surface area (Å²) in [6.07, 6.45) is 1.85. The van der Waals surface area contributed by atoms with Crippen LogP contribution in [0.1, 0.15) is 19.8 Å². The highest BCUT2D eigenvalue weighted by Crippen LogP contribution is 2.35. The summed E-state index contributed by atoms with van der Waals surface area (Å²) in [5.41, 5.74) is 1.74. The Morgan fingerprint density at radius 1 is 1.71 bits per heavy atom. The summed E-state index contributed by atoms with van der Waals surface area (Å²) < 4.78 is 5.07. The van der Waals surface area contributed by atoms with Crippen molar-refractivity contribution in [3.63, 3.8) is 0 Å². The summed E-state index contributed by atoms with van der Waals surface area (Å²) in [6.45, 7) is 5.71. The van der Waals surface area contributed by atoms with Crippen LogP contribution in [0.25, 0.3) is 0 Å². The third kappa shape index (κ3) is 1.65. The zero-order valence-corrected chi connectivity index (χ0v) is 8.19. The molecule has 0 aromatic carbocycles.